The summed E-state index contributed by atoms with van der Waals surface area (Å²) in [5.41, 5.74) is 1.83. The summed E-state index contributed by atoms with van der Waals surface area (Å²) < 4.78 is 27.4. The van der Waals surface area contributed by atoms with Gasteiger partial charge in [-0.15, -0.1) is 0 Å². The van der Waals surface area contributed by atoms with E-state index in [1.807, 2.05) is 25.1 Å². The molecule has 2 rings (SSSR count). The standard InChI is InChI=1S/C15H13BrF2O/c1-9-2-4-13(16)12(6-9)15(19)8-10-7-11(17)3-5-14(10)18/h2-7,15,19H,8H2,1H3. The molecule has 4 heteroatoms. The van der Waals surface area contributed by atoms with E-state index in [2.05, 4.69) is 15.9 Å². The van der Waals surface area contributed by atoms with Crippen molar-refractivity contribution in [1.29, 1.82) is 0 Å². The van der Waals surface area contributed by atoms with E-state index in [4.69, 9.17) is 0 Å². The lowest BCUT2D eigenvalue weighted by Gasteiger charge is -2.14. The third-order valence-corrected chi connectivity index (χ3v) is 3.65. The third kappa shape index (κ3) is 3.39. The minimum absolute atomic E-state index is 0.0334. The van der Waals surface area contributed by atoms with Gasteiger partial charge in [0.1, 0.15) is 11.6 Å². The molecule has 0 saturated heterocycles. The van der Waals surface area contributed by atoms with Crippen molar-refractivity contribution in [3.63, 3.8) is 0 Å². The lowest BCUT2D eigenvalue weighted by atomic mass is 9.99. The fourth-order valence-electron chi connectivity index (χ4n) is 1.94. The summed E-state index contributed by atoms with van der Waals surface area (Å²) in [7, 11) is 0. The van der Waals surface area contributed by atoms with Crippen LogP contribution in [0.25, 0.3) is 0 Å². The Morgan fingerprint density at radius 1 is 1.16 bits per heavy atom. The zero-order valence-corrected chi connectivity index (χ0v) is 11.9. The van der Waals surface area contributed by atoms with Crippen molar-refractivity contribution >= 4 is 15.9 Å². The summed E-state index contributed by atoms with van der Waals surface area (Å²) in [6, 6.07) is 8.81. The van der Waals surface area contributed by atoms with Crippen LogP contribution in [0.15, 0.2) is 40.9 Å². The maximum atomic E-state index is 13.5. The molecule has 19 heavy (non-hydrogen) atoms. The molecule has 0 heterocycles. The van der Waals surface area contributed by atoms with E-state index in [9.17, 15) is 13.9 Å². The number of halogens is 3. The number of rotatable bonds is 3. The van der Waals surface area contributed by atoms with Crippen LogP contribution in [-0.2, 0) is 6.42 Å². The van der Waals surface area contributed by atoms with Crippen molar-refractivity contribution in [3.05, 3.63) is 69.2 Å². The van der Waals surface area contributed by atoms with Gasteiger partial charge in [0.2, 0.25) is 0 Å². The van der Waals surface area contributed by atoms with E-state index < -0.39 is 17.7 Å². The maximum Gasteiger partial charge on any atom is 0.126 e. The van der Waals surface area contributed by atoms with Crippen molar-refractivity contribution in [3.8, 4) is 0 Å². The Labute approximate surface area is 119 Å². The second-order valence-corrected chi connectivity index (χ2v) is 5.33. The van der Waals surface area contributed by atoms with E-state index in [1.54, 1.807) is 0 Å². The fraction of sp³-hybridized carbons (Fsp3) is 0.200. The van der Waals surface area contributed by atoms with Crippen LogP contribution < -0.4 is 0 Å². The maximum absolute atomic E-state index is 13.5. The van der Waals surface area contributed by atoms with E-state index in [-0.39, 0.29) is 12.0 Å². The molecule has 1 atom stereocenters. The molecule has 0 bridgehead atoms. The van der Waals surface area contributed by atoms with Gasteiger partial charge in [-0.1, -0.05) is 33.6 Å². The van der Waals surface area contributed by atoms with Crippen molar-refractivity contribution < 1.29 is 13.9 Å². The highest BCUT2D eigenvalue weighted by Crippen LogP contribution is 2.28. The van der Waals surface area contributed by atoms with Crippen molar-refractivity contribution in [2.75, 3.05) is 0 Å². The third-order valence-electron chi connectivity index (χ3n) is 2.93. The van der Waals surface area contributed by atoms with Crippen LogP contribution in [0.5, 0.6) is 0 Å². The van der Waals surface area contributed by atoms with E-state index in [1.165, 1.54) is 0 Å². The van der Waals surface area contributed by atoms with E-state index >= 15 is 0 Å². The first-order valence-electron chi connectivity index (χ1n) is 5.85. The van der Waals surface area contributed by atoms with Gasteiger partial charge in [-0.25, -0.2) is 8.78 Å². The van der Waals surface area contributed by atoms with Gasteiger partial charge in [0.05, 0.1) is 6.10 Å². The van der Waals surface area contributed by atoms with Gasteiger partial charge in [-0.3, -0.25) is 0 Å². The molecule has 0 aromatic heterocycles. The lowest BCUT2D eigenvalue weighted by molar-refractivity contribution is 0.176. The van der Waals surface area contributed by atoms with Crippen LogP contribution in [0.2, 0.25) is 0 Å². The second kappa shape index (κ2) is 5.80. The summed E-state index contributed by atoms with van der Waals surface area (Å²) in [6.07, 6.45) is -0.850. The zero-order valence-electron chi connectivity index (χ0n) is 10.3. The van der Waals surface area contributed by atoms with Gasteiger partial charge in [-0.05, 0) is 42.3 Å². The highest BCUT2D eigenvalue weighted by Gasteiger charge is 2.15. The molecule has 100 valence electrons. The molecule has 0 aliphatic carbocycles. The monoisotopic (exact) mass is 326 g/mol. The SMILES string of the molecule is Cc1ccc(Br)c(C(O)Cc2cc(F)ccc2F)c1. The number of hydrogen-bond acceptors (Lipinski definition) is 1. The summed E-state index contributed by atoms with van der Waals surface area (Å²) in [5.74, 6) is -1.02. The van der Waals surface area contributed by atoms with Gasteiger partial charge in [-0.2, -0.15) is 0 Å². The number of aliphatic hydroxyl groups is 1. The van der Waals surface area contributed by atoms with Gasteiger partial charge >= 0.3 is 0 Å². The topological polar surface area (TPSA) is 20.2 Å². The highest BCUT2D eigenvalue weighted by molar-refractivity contribution is 9.10. The first kappa shape index (κ1) is 14.2. The highest BCUT2D eigenvalue weighted by atomic mass is 79.9. The Hall–Kier alpha value is -1.26. The van der Waals surface area contributed by atoms with E-state index in [0.717, 1.165) is 28.2 Å². The van der Waals surface area contributed by atoms with Crippen LogP contribution in [0, 0.1) is 18.6 Å². The Kier molecular flexibility index (Phi) is 4.32. The quantitative estimate of drug-likeness (QED) is 0.891. The van der Waals surface area contributed by atoms with Crippen molar-refractivity contribution in [1.82, 2.24) is 0 Å². The van der Waals surface area contributed by atoms with Crippen LogP contribution in [0.4, 0.5) is 8.78 Å². The van der Waals surface area contributed by atoms with Gasteiger partial charge in [0.15, 0.2) is 0 Å². The Morgan fingerprint density at radius 2 is 1.89 bits per heavy atom. The molecule has 2 aromatic rings. The molecule has 0 fully saturated rings. The number of hydrogen-bond donors (Lipinski definition) is 1. The average molecular weight is 327 g/mol. The smallest absolute Gasteiger partial charge is 0.126 e. The van der Waals surface area contributed by atoms with Gasteiger partial charge in [0.25, 0.3) is 0 Å². The molecule has 0 aliphatic rings. The van der Waals surface area contributed by atoms with Crippen molar-refractivity contribution in [2.24, 2.45) is 0 Å². The number of benzene rings is 2. The average Bonchev–Trinajstić information content (AvgIpc) is 2.36. The van der Waals surface area contributed by atoms with E-state index in [0.29, 0.717) is 5.56 Å². The molecule has 0 saturated carbocycles. The predicted octanol–water partition coefficient (Wildman–Crippen LogP) is 4.31. The summed E-state index contributed by atoms with van der Waals surface area (Å²) >= 11 is 3.35. The first-order chi connectivity index (χ1) is 8.97. The Bertz CT molecular complexity index is 599. The minimum atomic E-state index is -0.884. The number of aliphatic hydroxyl groups excluding tert-OH is 1. The number of aryl methyl sites for hydroxylation is 1. The van der Waals surface area contributed by atoms with Crippen LogP contribution in [-0.4, -0.2) is 5.11 Å². The lowest BCUT2D eigenvalue weighted by Crippen LogP contribution is -2.05. The molecular weight excluding hydrogens is 314 g/mol. The van der Waals surface area contributed by atoms with Crippen LogP contribution >= 0.6 is 15.9 Å². The zero-order chi connectivity index (χ0) is 14.0. The molecule has 0 aliphatic heterocycles. The normalized spacial score (nSPS) is 12.5. The molecule has 2 aromatic carbocycles. The second-order valence-electron chi connectivity index (χ2n) is 4.48. The molecule has 0 spiro atoms. The van der Waals surface area contributed by atoms with Crippen LogP contribution in [0.1, 0.15) is 22.8 Å². The Morgan fingerprint density at radius 3 is 2.63 bits per heavy atom. The minimum Gasteiger partial charge on any atom is -0.388 e. The van der Waals surface area contributed by atoms with Crippen molar-refractivity contribution in [2.45, 2.75) is 19.4 Å². The Balaban J connectivity index is 2.27. The predicted molar refractivity (Wildman–Crippen MR) is 73.9 cm³/mol. The summed E-state index contributed by atoms with van der Waals surface area (Å²) in [6.45, 7) is 1.91. The molecule has 1 unspecified atom stereocenters. The molecule has 0 amide bonds. The summed E-state index contributed by atoms with van der Waals surface area (Å²) in [5, 5.41) is 10.2. The summed E-state index contributed by atoms with van der Waals surface area (Å²) in [4.78, 5) is 0. The van der Waals surface area contributed by atoms with Crippen LogP contribution in [0.3, 0.4) is 0 Å². The fourth-order valence-corrected chi connectivity index (χ4v) is 2.45. The van der Waals surface area contributed by atoms with Gasteiger partial charge < -0.3 is 5.11 Å². The largest absolute Gasteiger partial charge is 0.388 e. The molecular formula is C15H13BrF2O. The first-order valence-corrected chi connectivity index (χ1v) is 6.64. The molecule has 0 radical (unpaired) electrons. The van der Waals surface area contributed by atoms with Gasteiger partial charge in [0, 0.05) is 10.9 Å². The molecule has 1 nitrogen and oxygen atoms in total. The molecule has 1 N–H and O–H groups in total.